The number of halogens is 3. The molecule has 0 unspecified atom stereocenters. The van der Waals surface area contributed by atoms with Crippen molar-refractivity contribution in [2.24, 2.45) is 0 Å². The van der Waals surface area contributed by atoms with Crippen LogP contribution in [0.4, 0.5) is 30.2 Å². The van der Waals surface area contributed by atoms with Gasteiger partial charge in [-0.3, -0.25) is 19.2 Å². The average Bonchev–Trinajstić information content (AvgIpc) is 3.09. The van der Waals surface area contributed by atoms with E-state index in [0.29, 0.717) is 24.7 Å². The third-order valence-electron chi connectivity index (χ3n) is 4.76. The molecule has 0 spiro atoms. The minimum atomic E-state index is -4.70. The topological polar surface area (TPSA) is 122 Å². The van der Waals surface area contributed by atoms with Crippen LogP contribution in [-0.2, 0) is 16.2 Å². The molecule has 0 atom stereocenters. The van der Waals surface area contributed by atoms with Crippen molar-refractivity contribution in [3.63, 3.8) is 0 Å². The predicted octanol–water partition coefficient (Wildman–Crippen LogP) is 3.00. The molecule has 1 saturated heterocycles. The van der Waals surface area contributed by atoms with Crippen molar-refractivity contribution in [3.8, 4) is 0 Å². The van der Waals surface area contributed by atoms with Crippen LogP contribution in [0.15, 0.2) is 42.5 Å². The fraction of sp³-hybridized carbons (Fsp3) is 0.316. The lowest BCUT2D eigenvalue weighted by Crippen LogP contribution is -2.29. The number of carbonyl (C=O) groups excluding carboxylic acids is 1. The minimum absolute atomic E-state index is 0.0298. The first-order chi connectivity index (χ1) is 15.0. The molecule has 1 amide bonds. The van der Waals surface area contributed by atoms with Gasteiger partial charge < -0.3 is 10.6 Å². The van der Waals surface area contributed by atoms with Crippen LogP contribution in [0.3, 0.4) is 0 Å². The summed E-state index contributed by atoms with van der Waals surface area (Å²) in [5, 5.41) is 16.3. The second-order valence-corrected chi connectivity index (χ2v) is 8.97. The van der Waals surface area contributed by atoms with Crippen LogP contribution < -0.4 is 14.9 Å². The lowest BCUT2D eigenvalue weighted by Gasteiger charge is -2.17. The number of nitrogens with zero attached hydrogens (tertiary/aromatic N) is 2. The summed E-state index contributed by atoms with van der Waals surface area (Å²) >= 11 is 0. The van der Waals surface area contributed by atoms with Crippen LogP contribution in [0.25, 0.3) is 0 Å². The molecular formula is C19H19F3N4O5S. The Labute approximate surface area is 181 Å². The maximum absolute atomic E-state index is 12.7. The van der Waals surface area contributed by atoms with Crippen LogP contribution in [-0.4, -0.2) is 44.6 Å². The van der Waals surface area contributed by atoms with E-state index >= 15 is 0 Å². The van der Waals surface area contributed by atoms with E-state index < -0.39 is 38.3 Å². The monoisotopic (exact) mass is 472 g/mol. The molecule has 13 heteroatoms. The number of rotatable bonds is 7. The Morgan fingerprint density at radius 2 is 1.81 bits per heavy atom. The fourth-order valence-corrected chi connectivity index (χ4v) is 4.76. The van der Waals surface area contributed by atoms with E-state index in [9.17, 15) is 36.5 Å². The molecule has 1 fully saturated rings. The van der Waals surface area contributed by atoms with Gasteiger partial charge in [-0.15, -0.1) is 0 Å². The van der Waals surface area contributed by atoms with Gasteiger partial charge in [-0.1, -0.05) is 0 Å². The number of nitrogens with one attached hydrogen (secondary N) is 2. The number of hydrogen-bond acceptors (Lipinski definition) is 6. The minimum Gasteiger partial charge on any atom is -0.378 e. The molecule has 2 N–H and O–H groups in total. The summed E-state index contributed by atoms with van der Waals surface area (Å²) in [5.41, 5.74) is -1.21. The second-order valence-electron chi connectivity index (χ2n) is 6.96. The molecule has 1 aliphatic heterocycles. The molecule has 2 aromatic carbocycles. The molecule has 172 valence electrons. The number of carbonyl (C=O) groups is 1. The highest BCUT2D eigenvalue weighted by molar-refractivity contribution is 7.93. The van der Waals surface area contributed by atoms with Crippen molar-refractivity contribution in [3.05, 3.63) is 63.7 Å². The Morgan fingerprint density at radius 1 is 1.12 bits per heavy atom. The molecule has 3 rings (SSSR count). The van der Waals surface area contributed by atoms with Crippen LogP contribution in [0.5, 0.6) is 0 Å². The number of nitro benzene ring substituents is 1. The Hall–Kier alpha value is -3.35. The number of anilines is 2. The standard InChI is InChI=1S/C19H19F3N4O5S/c20-19(21,22)14-4-7-16(17(12-14)26(28)29)23-8-9-24-18(27)13-2-5-15(6-3-13)25-10-1-11-32(25,30)31/h2-7,12,23H,1,8-11H2,(H,24,27). The van der Waals surface area contributed by atoms with E-state index in [1.165, 1.54) is 28.6 Å². The molecule has 1 aliphatic rings. The average molecular weight is 472 g/mol. The quantitative estimate of drug-likeness (QED) is 0.363. The van der Waals surface area contributed by atoms with Gasteiger partial charge in [0.2, 0.25) is 10.0 Å². The van der Waals surface area contributed by atoms with Crippen molar-refractivity contribution >= 4 is 33.0 Å². The largest absolute Gasteiger partial charge is 0.416 e. The van der Waals surface area contributed by atoms with E-state index in [0.717, 1.165) is 12.1 Å². The summed E-state index contributed by atoms with van der Waals surface area (Å²) in [5.74, 6) is -0.371. The van der Waals surface area contributed by atoms with Crippen molar-refractivity contribution < 1.29 is 31.3 Å². The predicted molar refractivity (Wildman–Crippen MR) is 111 cm³/mol. The first kappa shape index (κ1) is 23.3. The van der Waals surface area contributed by atoms with Crippen LogP contribution in [0, 0.1) is 10.1 Å². The molecule has 0 saturated carbocycles. The normalized spacial score (nSPS) is 15.4. The lowest BCUT2D eigenvalue weighted by atomic mass is 10.1. The smallest absolute Gasteiger partial charge is 0.378 e. The molecule has 0 aromatic heterocycles. The maximum atomic E-state index is 12.7. The van der Waals surface area contributed by atoms with Gasteiger partial charge in [-0.25, -0.2) is 8.42 Å². The van der Waals surface area contributed by atoms with Crippen molar-refractivity contribution in [2.75, 3.05) is 35.0 Å². The Kier molecular flexibility index (Phi) is 6.57. The zero-order valence-corrected chi connectivity index (χ0v) is 17.4. The van der Waals surface area contributed by atoms with Gasteiger partial charge in [0.25, 0.3) is 11.6 Å². The fourth-order valence-electron chi connectivity index (χ4n) is 3.19. The van der Waals surface area contributed by atoms with Gasteiger partial charge in [0.05, 0.1) is 21.9 Å². The Morgan fingerprint density at radius 3 is 2.38 bits per heavy atom. The zero-order chi connectivity index (χ0) is 23.5. The number of amides is 1. The van der Waals surface area contributed by atoms with Crippen LogP contribution in [0.1, 0.15) is 22.3 Å². The van der Waals surface area contributed by atoms with E-state index in [2.05, 4.69) is 10.6 Å². The summed E-state index contributed by atoms with van der Waals surface area (Å²) in [4.78, 5) is 22.4. The van der Waals surface area contributed by atoms with Gasteiger partial charge in [-0.2, -0.15) is 13.2 Å². The molecule has 2 aromatic rings. The number of alkyl halides is 3. The highest BCUT2D eigenvalue weighted by Crippen LogP contribution is 2.34. The third-order valence-corrected chi connectivity index (χ3v) is 6.63. The number of benzene rings is 2. The Bertz CT molecular complexity index is 1120. The number of sulfonamides is 1. The van der Waals surface area contributed by atoms with Crippen LogP contribution in [0.2, 0.25) is 0 Å². The van der Waals surface area contributed by atoms with E-state index in [4.69, 9.17) is 0 Å². The molecule has 32 heavy (non-hydrogen) atoms. The summed E-state index contributed by atoms with van der Waals surface area (Å²) in [6, 6.07) is 8.16. The molecular weight excluding hydrogens is 453 g/mol. The first-order valence-electron chi connectivity index (χ1n) is 9.47. The maximum Gasteiger partial charge on any atom is 0.416 e. The van der Waals surface area contributed by atoms with Gasteiger partial charge in [-0.05, 0) is 42.8 Å². The van der Waals surface area contributed by atoms with E-state index in [1.807, 2.05) is 0 Å². The molecule has 1 heterocycles. The lowest BCUT2D eigenvalue weighted by molar-refractivity contribution is -0.384. The molecule has 0 aliphatic carbocycles. The Balaban J connectivity index is 1.56. The van der Waals surface area contributed by atoms with Gasteiger partial charge in [0, 0.05) is 31.3 Å². The van der Waals surface area contributed by atoms with Gasteiger partial charge in [0.1, 0.15) is 5.69 Å². The van der Waals surface area contributed by atoms with Crippen molar-refractivity contribution in [1.82, 2.24) is 5.32 Å². The van der Waals surface area contributed by atoms with Gasteiger partial charge in [0.15, 0.2) is 0 Å². The van der Waals surface area contributed by atoms with Crippen molar-refractivity contribution in [1.29, 1.82) is 0 Å². The zero-order valence-electron chi connectivity index (χ0n) is 16.6. The van der Waals surface area contributed by atoms with E-state index in [-0.39, 0.29) is 30.1 Å². The number of nitro groups is 1. The second kappa shape index (κ2) is 9.02. The SMILES string of the molecule is O=C(NCCNc1ccc(C(F)(F)F)cc1[N+](=O)[O-])c1ccc(N2CCCS2(=O)=O)cc1. The molecule has 0 radical (unpaired) electrons. The van der Waals surface area contributed by atoms with Crippen LogP contribution >= 0.6 is 0 Å². The van der Waals surface area contributed by atoms with Crippen molar-refractivity contribution in [2.45, 2.75) is 12.6 Å². The summed E-state index contributed by atoms with van der Waals surface area (Å²) in [6.07, 6.45) is -4.17. The molecule has 0 bridgehead atoms. The first-order valence-corrected chi connectivity index (χ1v) is 11.1. The summed E-state index contributed by atoms with van der Waals surface area (Å²) in [7, 11) is -3.32. The number of hydrogen-bond donors (Lipinski definition) is 2. The third kappa shape index (κ3) is 5.28. The summed E-state index contributed by atoms with van der Waals surface area (Å²) in [6.45, 7) is 0.455. The van der Waals surface area contributed by atoms with E-state index in [1.54, 1.807) is 0 Å². The van der Waals surface area contributed by atoms with Gasteiger partial charge >= 0.3 is 6.18 Å². The highest BCUT2D eigenvalue weighted by atomic mass is 32.2. The summed E-state index contributed by atoms with van der Waals surface area (Å²) < 4.78 is 63.4. The highest BCUT2D eigenvalue weighted by Gasteiger charge is 2.33. The molecule has 9 nitrogen and oxygen atoms in total.